The summed E-state index contributed by atoms with van der Waals surface area (Å²) in [5, 5.41) is 5.36. The lowest BCUT2D eigenvalue weighted by Crippen LogP contribution is -2.54. The number of nitrogens with one attached hydrogen (secondary N) is 2. The van der Waals surface area contributed by atoms with Crippen LogP contribution in [0.5, 0.6) is 11.5 Å². The topological polar surface area (TPSA) is 114 Å². The molecule has 35 heavy (non-hydrogen) atoms. The lowest BCUT2D eigenvalue weighted by molar-refractivity contribution is -0.126. The van der Waals surface area contributed by atoms with Crippen molar-refractivity contribution < 1.29 is 32.5 Å². The van der Waals surface area contributed by atoms with Gasteiger partial charge in [-0.1, -0.05) is 12.1 Å². The first-order valence-electron chi connectivity index (χ1n) is 10.9. The van der Waals surface area contributed by atoms with Crippen molar-refractivity contribution in [3.8, 4) is 11.5 Å². The van der Waals surface area contributed by atoms with Gasteiger partial charge in [0.05, 0.1) is 5.69 Å². The van der Waals surface area contributed by atoms with Crippen LogP contribution in [0.2, 0.25) is 0 Å². The Bertz CT molecular complexity index is 1150. The molecule has 2 atom stereocenters. The number of rotatable bonds is 8. The summed E-state index contributed by atoms with van der Waals surface area (Å²) in [4.78, 5) is 39.2. The van der Waals surface area contributed by atoms with Crippen molar-refractivity contribution in [2.24, 2.45) is 0 Å². The number of halogens is 1. The van der Waals surface area contributed by atoms with Gasteiger partial charge in [-0.05, 0) is 52.0 Å². The van der Waals surface area contributed by atoms with Crippen molar-refractivity contribution >= 4 is 39.9 Å². The Morgan fingerprint density at radius 3 is 2.46 bits per heavy atom. The summed E-state index contributed by atoms with van der Waals surface area (Å²) in [7, 11) is -1.92. The SMILES string of the molecule is CC(C(=O)NC(C)(C)C)N(C(=O)CS(=O)CC(=O)Nc1ccc2c(c1)OCO2)c1ccccc1F. The summed E-state index contributed by atoms with van der Waals surface area (Å²) >= 11 is 0. The van der Waals surface area contributed by atoms with E-state index in [1.807, 2.05) is 0 Å². The number of nitrogens with zero attached hydrogens (tertiary/aromatic N) is 1. The van der Waals surface area contributed by atoms with Gasteiger partial charge in [0.15, 0.2) is 11.5 Å². The maximum atomic E-state index is 14.6. The van der Waals surface area contributed by atoms with Gasteiger partial charge in [-0.2, -0.15) is 0 Å². The van der Waals surface area contributed by atoms with Crippen LogP contribution < -0.4 is 25.0 Å². The van der Waals surface area contributed by atoms with Gasteiger partial charge >= 0.3 is 0 Å². The highest BCUT2D eigenvalue weighted by Gasteiger charge is 2.32. The first-order chi connectivity index (χ1) is 16.4. The Morgan fingerprint density at radius 1 is 1.09 bits per heavy atom. The van der Waals surface area contributed by atoms with Crippen LogP contribution in [-0.4, -0.2) is 51.8 Å². The fourth-order valence-corrected chi connectivity index (χ4v) is 4.25. The van der Waals surface area contributed by atoms with E-state index in [1.54, 1.807) is 39.0 Å². The molecule has 188 valence electrons. The number of ether oxygens (including phenoxy) is 2. The summed E-state index contributed by atoms with van der Waals surface area (Å²) in [5.74, 6) is -2.55. The summed E-state index contributed by atoms with van der Waals surface area (Å²) in [6.45, 7) is 6.88. The Morgan fingerprint density at radius 2 is 1.77 bits per heavy atom. The Kier molecular flexibility index (Phi) is 8.11. The quantitative estimate of drug-likeness (QED) is 0.570. The highest BCUT2D eigenvalue weighted by Crippen LogP contribution is 2.34. The van der Waals surface area contributed by atoms with Crippen molar-refractivity contribution in [3.05, 3.63) is 48.3 Å². The number of anilines is 2. The molecule has 0 fully saturated rings. The maximum absolute atomic E-state index is 14.6. The molecule has 0 aliphatic carbocycles. The molecule has 0 saturated carbocycles. The molecule has 11 heteroatoms. The van der Waals surface area contributed by atoms with Gasteiger partial charge in [0.1, 0.15) is 23.4 Å². The molecule has 1 aliphatic rings. The number of fused-ring (bicyclic) bond motifs is 1. The summed E-state index contributed by atoms with van der Waals surface area (Å²) < 4.78 is 37.7. The molecule has 0 aromatic heterocycles. The van der Waals surface area contributed by atoms with Crippen LogP contribution in [0.25, 0.3) is 0 Å². The predicted octanol–water partition coefficient (Wildman–Crippen LogP) is 2.58. The van der Waals surface area contributed by atoms with Gasteiger partial charge in [0.25, 0.3) is 0 Å². The number of carbonyl (C=O) groups is 3. The molecule has 0 bridgehead atoms. The fraction of sp³-hybridized carbons (Fsp3) is 0.375. The number of carbonyl (C=O) groups excluding carboxylic acids is 3. The zero-order chi connectivity index (χ0) is 25.8. The molecule has 1 heterocycles. The number of amides is 3. The molecule has 0 saturated heterocycles. The third kappa shape index (κ3) is 7.01. The van der Waals surface area contributed by atoms with Crippen molar-refractivity contribution in [2.45, 2.75) is 39.3 Å². The Balaban J connectivity index is 1.69. The van der Waals surface area contributed by atoms with E-state index < -0.39 is 57.4 Å². The lowest BCUT2D eigenvalue weighted by atomic mass is 10.1. The molecule has 3 amide bonds. The van der Waals surface area contributed by atoms with Crippen LogP contribution in [-0.2, 0) is 25.2 Å². The second kappa shape index (κ2) is 10.9. The number of para-hydroxylation sites is 1. The van der Waals surface area contributed by atoms with Gasteiger partial charge in [-0.15, -0.1) is 0 Å². The van der Waals surface area contributed by atoms with E-state index in [9.17, 15) is 23.0 Å². The van der Waals surface area contributed by atoms with E-state index in [0.717, 1.165) is 4.90 Å². The van der Waals surface area contributed by atoms with Crippen LogP contribution in [0, 0.1) is 5.82 Å². The molecule has 0 radical (unpaired) electrons. The average Bonchev–Trinajstić information content (AvgIpc) is 3.21. The largest absolute Gasteiger partial charge is 0.454 e. The third-order valence-corrected chi connectivity index (χ3v) is 6.03. The van der Waals surface area contributed by atoms with Gasteiger partial charge in [0.2, 0.25) is 24.5 Å². The van der Waals surface area contributed by atoms with Gasteiger partial charge < -0.3 is 20.1 Å². The minimum Gasteiger partial charge on any atom is -0.454 e. The van der Waals surface area contributed by atoms with Gasteiger partial charge in [0, 0.05) is 28.1 Å². The van der Waals surface area contributed by atoms with E-state index >= 15 is 0 Å². The Hall–Kier alpha value is -3.47. The molecule has 2 N–H and O–H groups in total. The highest BCUT2D eigenvalue weighted by molar-refractivity contribution is 7.86. The smallest absolute Gasteiger partial charge is 0.243 e. The van der Waals surface area contributed by atoms with E-state index in [4.69, 9.17) is 9.47 Å². The first kappa shape index (κ1) is 26.1. The van der Waals surface area contributed by atoms with Gasteiger partial charge in [-0.25, -0.2) is 4.39 Å². The van der Waals surface area contributed by atoms with Crippen LogP contribution in [0.15, 0.2) is 42.5 Å². The molecule has 9 nitrogen and oxygen atoms in total. The molecule has 0 spiro atoms. The minimum atomic E-state index is -1.92. The highest BCUT2D eigenvalue weighted by atomic mass is 32.2. The zero-order valence-corrected chi connectivity index (χ0v) is 20.7. The molecule has 2 aromatic carbocycles. The van der Waals surface area contributed by atoms with Crippen LogP contribution in [0.4, 0.5) is 15.8 Å². The van der Waals surface area contributed by atoms with Gasteiger partial charge in [-0.3, -0.25) is 23.5 Å². The molecule has 3 rings (SSSR count). The summed E-state index contributed by atoms with van der Waals surface area (Å²) in [6, 6.07) is 9.25. The lowest BCUT2D eigenvalue weighted by Gasteiger charge is -2.31. The average molecular weight is 506 g/mol. The minimum absolute atomic E-state index is 0.0869. The van der Waals surface area contributed by atoms with E-state index in [0.29, 0.717) is 17.2 Å². The molecule has 2 aromatic rings. The van der Waals surface area contributed by atoms with Crippen molar-refractivity contribution in [1.29, 1.82) is 0 Å². The summed E-state index contributed by atoms with van der Waals surface area (Å²) in [6.07, 6.45) is 0. The molecular weight excluding hydrogens is 477 g/mol. The van der Waals surface area contributed by atoms with E-state index in [1.165, 1.54) is 31.2 Å². The van der Waals surface area contributed by atoms with E-state index in [-0.39, 0.29) is 12.5 Å². The second-order valence-corrected chi connectivity index (χ2v) is 10.4. The zero-order valence-electron chi connectivity index (χ0n) is 19.9. The van der Waals surface area contributed by atoms with E-state index in [2.05, 4.69) is 10.6 Å². The fourth-order valence-electron chi connectivity index (χ4n) is 3.37. The number of hydrogen-bond donors (Lipinski definition) is 2. The molecule has 2 unspecified atom stereocenters. The van der Waals surface area contributed by atoms with Crippen molar-refractivity contribution in [3.63, 3.8) is 0 Å². The monoisotopic (exact) mass is 505 g/mol. The van der Waals surface area contributed by atoms with Crippen LogP contribution in [0.1, 0.15) is 27.7 Å². The Labute approximate surface area is 205 Å². The molecule has 1 aliphatic heterocycles. The summed E-state index contributed by atoms with van der Waals surface area (Å²) in [5.41, 5.74) is -0.274. The molecular formula is C24H28FN3O6S. The standard InChI is InChI=1S/C24H28FN3O6S/c1-15(23(31)27-24(2,3)4)28(18-8-6-5-7-17(18)25)22(30)13-35(32)12-21(29)26-16-9-10-19-20(11-16)34-14-33-19/h5-11,15H,12-14H2,1-4H3,(H,26,29)(H,27,31). The normalized spacial score (nSPS) is 14.1. The van der Waals surface area contributed by atoms with Crippen molar-refractivity contribution in [1.82, 2.24) is 5.32 Å². The van der Waals surface area contributed by atoms with Crippen LogP contribution >= 0.6 is 0 Å². The number of benzene rings is 2. The van der Waals surface area contributed by atoms with Crippen LogP contribution in [0.3, 0.4) is 0 Å². The predicted molar refractivity (Wildman–Crippen MR) is 130 cm³/mol. The second-order valence-electron chi connectivity index (χ2n) is 8.98. The van der Waals surface area contributed by atoms with Crippen molar-refractivity contribution in [2.75, 3.05) is 28.5 Å². The third-order valence-electron chi connectivity index (χ3n) is 4.88. The number of hydrogen-bond acceptors (Lipinski definition) is 6. The first-order valence-corrected chi connectivity index (χ1v) is 12.4. The maximum Gasteiger partial charge on any atom is 0.243 e.